The van der Waals surface area contributed by atoms with Gasteiger partial charge >= 0.3 is 5.97 Å². The van der Waals surface area contributed by atoms with E-state index in [9.17, 15) is 19.2 Å². The monoisotopic (exact) mass is 561 g/mol. The molecule has 0 saturated heterocycles. The summed E-state index contributed by atoms with van der Waals surface area (Å²) in [6.07, 6.45) is 1.95. The quantitative estimate of drug-likeness (QED) is 0.0865. The molecule has 0 saturated carbocycles. The number of methoxy groups -OCH3 is 1. The van der Waals surface area contributed by atoms with Crippen LogP contribution in [0.5, 0.6) is 0 Å². The summed E-state index contributed by atoms with van der Waals surface area (Å²) in [5.74, 6) is -2.29. The van der Waals surface area contributed by atoms with E-state index in [1.807, 2.05) is 0 Å². The van der Waals surface area contributed by atoms with Crippen LogP contribution in [0.1, 0.15) is 57.8 Å². The molecule has 216 valence electrons. The minimum Gasteiger partial charge on any atom is -0.467 e. The lowest BCUT2D eigenvalue weighted by atomic mass is 10.1. The van der Waals surface area contributed by atoms with Gasteiger partial charge in [0, 0.05) is 39.0 Å². The van der Waals surface area contributed by atoms with Crippen LogP contribution in [0.15, 0.2) is 34.5 Å². The first-order valence-electron chi connectivity index (χ1n) is 12.9. The summed E-state index contributed by atoms with van der Waals surface area (Å²) >= 11 is 0. The molecule has 0 aliphatic heterocycles. The maximum Gasteiger partial charge on any atom is 0.336 e. The van der Waals surface area contributed by atoms with Crippen molar-refractivity contribution in [1.82, 2.24) is 10.2 Å². The molecular formula is C27H43N5O6Si. The largest absolute Gasteiger partial charge is 0.467 e. The zero-order chi connectivity index (χ0) is 29.8. The molecule has 39 heavy (non-hydrogen) atoms. The number of ketones is 1. The van der Waals surface area contributed by atoms with E-state index in [0.29, 0.717) is 30.8 Å². The molecule has 2 amide bonds. The molecule has 11 nitrogen and oxygen atoms in total. The molecular weight excluding hydrogens is 518 g/mol. The minimum absolute atomic E-state index is 0.0451. The Kier molecular flexibility index (Phi) is 13.2. The number of para-hydroxylation sites is 1. The predicted octanol–water partition coefficient (Wildman–Crippen LogP) is 3.61. The molecule has 0 aliphatic carbocycles. The number of anilines is 1. The lowest BCUT2D eigenvalue weighted by Gasteiger charge is -2.36. The van der Waals surface area contributed by atoms with Gasteiger partial charge in [0.25, 0.3) is 5.91 Å². The van der Waals surface area contributed by atoms with E-state index < -0.39 is 32.0 Å². The molecule has 0 radical (unpaired) electrons. The van der Waals surface area contributed by atoms with Crippen molar-refractivity contribution in [2.24, 2.45) is 10.2 Å². The lowest BCUT2D eigenvalue weighted by molar-refractivity contribution is -0.148. The highest BCUT2D eigenvalue weighted by molar-refractivity contribution is 6.74. The number of Topliss-reactive ketones (excluding diaryl/α,β-unsaturated/α-hetero) is 1. The minimum atomic E-state index is -1.97. The summed E-state index contributed by atoms with van der Waals surface area (Å²) in [6.45, 7) is 18.1. The van der Waals surface area contributed by atoms with Gasteiger partial charge < -0.3 is 19.4 Å². The number of esters is 1. The number of carbonyl (C=O) groups is 4. The van der Waals surface area contributed by atoms with Crippen LogP contribution in [-0.4, -0.2) is 82.6 Å². The van der Waals surface area contributed by atoms with E-state index in [4.69, 9.17) is 4.43 Å². The molecule has 0 bridgehead atoms. The van der Waals surface area contributed by atoms with E-state index in [-0.39, 0.29) is 23.9 Å². The number of carbonyl (C=O) groups excluding carboxylic acids is 4. The van der Waals surface area contributed by atoms with Crippen LogP contribution in [0, 0.1) is 0 Å². The number of rotatable bonds is 15. The van der Waals surface area contributed by atoms with Gasteiger partial charge in [0.2, 0.25) is 5.91 Å². The molecule has 0 spiro atoms. The van der Waals surface area contributed by atoms with E-state index in [1.165, 1.54) is 18.3 Å². The smallest absolute Gasteiger partial charge is 0.336 e. The molecule has 12 heteroatoms. The summed E-state index contributed by atoms with van der Waals surface area (Å²) in [5.41, 5.74) is 0.766. The molecule has 1 aromatic carbocycles. The number of amides is 2. The van der Waals surface area contributed by atoms with Crippen LogP contribution in [0.25, 0.3) is 0 Å². The number of benzene rings is 1. The Morgan fingerprint density at radius 1 is 1.15 bits per heavy atom. The number of ether oxygens (including phenoxy) is 1. The van der Waals surface area contributed by atoms with Gasteiger partial charge in [-0.25, -0.2) is 4.79 Å². The van der Waals surface area contributed by atoms with Crippen molar-refractivity contribution in [3.05, 3.63) is 29.8 Å². The first-order chi connectivity index (χ1) is 18.2. The van der Waals surface area contributed by atoms with Gasteiger partial charge in [0.1, 0.15) is 0 Å². The zero-order valence-electron chi connectivity index (χ0n) is 24.4. The Balaban J connectivity index is 3.14. The Morgan fingerprint density at radius 3 is 2.33 bits per heavy atom. The second-order valence-electron chi connectivity index (χ2n) is 10.5. The van der Waals surface area contributed by atoms with Crippen LogP contribution in [0.3, 0.4) is 0 Å². The summed E-state index contributed by atoms with van der Waals surface area (Å²) in [7, 11) is -0.834. The van der Waals surface area contributed by atoms with Crippen molar-refractivity contribution in [3.8, 4) is 0 Å². The number of hydrogen-bond acceptors (Lipinski definition) is 9. The molecule has 1 N–H and O–H groups in total. The standard InChI is InChI=1S/C27H43N5O6Si/c1-10-29-32(28-6)22-15-12-11-14-21(22)25(35)31(17-13-19-38-39(8,9)27(3,4)5)18-16-23(34)30-24(20(2)33)26(36)37-7/h10-12,14-15,24H,6,13,16-19H2,1-5,7-9H3,(H,30,34)/b29-10-. The topological polar surface area (TPSA) is 130 Å². The highest BCUT2D eigenvalue weighted by Crippen LogP contribution is 2.36. The summed E-state index contributed by atoms with van der Waals surface area (Å²) in [6, 6.07) is 5.45. The number of hydrazone groups is 2. The average Bonchev–Trinajstić information content (AvgIpc) is 2.88. The summed E-state index contributed by atoms with van der Waals surface area (Å²) < 4.78 is 10.9. The Bertz CT molecular complexity index is 1050. The van der Waals surface area contributed by atoms with Crippen molar-refractivity contribution in [1.29, 1.82) is 0 Å². The van der Waals surface area contributed by atoms with Crippen molar-refractivity contribution in [2.75, 3.05) is 31.9 Å². The highest BCUT2D eigenvalue weighted by Gasteiger charge is 2.37. The summed E-state index contributed by atoms with van der Waals surface area (Å²) in [4.78, 5) is 51.6. The van der Waals surface area contributed by atoms with E-state index in [1.54, 1.807) is 36.1 Å². The predicted molar refractivity (Wildman–Crippen MR) is 156 cm³/mol. The van der Waals surface area contributed by atoms with Gasteiger partial charge in [-0.15, -0.1) is 0 Å². The second kappa shape index (κ2) is 15.3. The Morgan fingerprint density at radius 2 is 1.79 bits per heavy atom. The van der Waals surface area contributed by atoms with Crippen LogP contribution in [-0.2, 0) is 23.5 Å². The molecule has 1 rings (SSSR count). The van der Waals surface area contributed by atoms with Gasteiger partial charge in [0.15, 0.2) is 20.1 Å². The second-order valence-corrected chi connectivity index (χ2v) is 15.3. The zero-order valence-corrected chi connectivity index (χ0v) is 25.4. The van der Waals surface area contributed by atoms with Gasteiger partial charge in [-0.1, -0.05) is 32.9 Å². The van der Waals surface area contributed by atoms with Crippen LogP contribution < -0.4 is 10.4 Å². The molecule has 0 aromatic heterocycles. The fraction of sp³-hybridized carbons (Fsp3) is 0.556. The molecule has 1 atom stereocenters. The molecule has 0 heterocycles. The first kappa shape index (κ1) is 33.6. The van der Waals surface area contributed by atoms with Gasteiger partial charge in [-0.2, -0.15) is 15.3 Å². The van der Waals surface area contributed by atoms with Crippen LogP contribution in [0.2, 0.25) is 18.1 Å². The average molecular weight is 562 g/mol. The van der Waals surface area contributed by atoms with Gasteiger partial charge in [-0.3, -0.25) is 14.4 Å². The maximum atomic E-state index is 13.7. The number of hydrogen-bond donors (Lipinski definition) is 1. The third-order valence-corrected chi connectivity index (χ3v) is 11.1. The summed E-state index contributed by atoms with van der Waals surface area (Å²) in [5, 5.41) is 11.7. The third kappa shape index (κ3) is 10.0. The van der Waals surface area contributed by atoms with E-state index in [0.717, 1.165) is 7.11 Å². The molecule has 1 unspecified atom stereocenters. The normalized spacial score (nSPS) is 12.5. The number of nitrogens with zero attached hydrogens (tertiary/aromatic N) is 4. The van der Waals surface area contributed by atoms with Crippen molar-refractivity contribution >= 4 is 50.5 Å². The van der Waals surface area contributed by atoms with Crippen molar-refractivity contribution < 1.29 is 28.3 Å². The SMILES string of the molecule is C=NN(/N=C\C)c1ccccc1C(=O)N(CCCO[Si](C)(C)C(C)(C)C)CCC(=O)NC(C(C)=O)C(=O)OC. The maximum absolute atomic E-state index is 13.7. The van der Waals surface area contributed by atoms with Crippen LogP contribution in [0.4, 0.5) is 5.69 Å². The van der Waals surface area contributed by atoms with Crippen LogP contribution >= 0.6 is 0 Å². The number of nitrogens with one attached hydrogen (secondary N) is 1. The Labute approximate surface area is 232 Å². The van der Waals surface area contributed by atoms with Gasteiger partial charge in [-0.05, 0) is 50.5 Å². The Hall–Kier alpha value is -3.38. The van der Waals surface area contributed by atoms with E-state index >= 15 is 0 Å². The molecule has 0 fully saturated rings. The van der Waals surface area contributed by atoms with Gasteiger partial charge in [0.05, 0.1) is 18.4 Å². The lowest BCUT2D eigenvalue weighted by Crippen LogP contribution is -2.47. The molecule has 1 aromatic rings. The van der Waals surface area contributed by atoms with Crippen molar-refractivity contribution in [2.45, 2.75) is 71.6 Å². The fourth-order valence-electron chi connectivity index (χ4n) is 3.31. The third-order valence-electron chi connectivity index (χ3n) is 6.59. The molecule has 0 aliphatic rings. The fourth-order valence-corrected chi connectivity index (χ4v) is 4.40. The highest BCUT2D eigenvalue weighted by atomic mass is 28.4. The first-order valence-corrected chi connectivity index (χ1v) is 15.8. The van der Waals surface area contributed by atoms with E-state index in [2.05, 4.69) is 60.8 Å². The van der Waals surface area contributed by atoms with Crippen molar-refractivity contribution in [3.63, 3.8) is 0 Å².